The molecule has 2 aromatic rings. The number of carbonyl (C=O) groups is 1. The van der Waals surface area contributed by atoms with Gasteiger partial charge in [0.15, 0.2) is 11.5 Å². The zero-order valence-corrected chi connectivity index (χ0v) is 13.7. The van der Waals surface area contributed by atoms with Crippen LogP contribution in [-0.2, 0) is 0 Å². The molecule has 4 nitrogen and oxygen atoms in total. The van der Waals surface area contributed by atoms with E-state index in [1.54, 1.807) is 30.3 Å². The Balaban J connectivity index is 2.21. The number of carbonyl (C=O) groups excluding carboxylic acids is 1. The molecule has 0 heterocycles. The number of aromatic hydroxyl groups is 1. The summed E-state index contributed by atoms with van der Waals surface area (Å²) in [5.41, 5.74) is 0.992. The van der Waals surface area contributed by atoms with Crippen molar-refractivity contribution < 1.29 is 14.6 Å². The van der Waals surface area contributed by atoms with Gasteiger partial charge in [0, 0.05) is 20.7 Å². The summed E-state index contributed by atoms with van der Waals surface area (Å²) in [6.45, 7) is 0. The zero-order chi connectivity index (χ0) is 14.7. The van der Waals surface area contributed by atoms with Gasteiger partial charge >= 0.3 is 0 Å². The molecule has 2 rings (SSSR count). The van der Waals surface area contributed by atoms with E-state index in [0.29, 0.717) is 21.5 Å². The van der Waals surface area contributed by atoms with Crippen LogP contribution in [-0.4, -0.2) is 18.1 Å². The summed E-state index contributed by atoms with van der Waals surface area (Å²) < 4.78 is 6.51. The predicted molar refractivity (Wildman–Crippen MR) is 84.5 cm³/mol. The third-order valence-corrected chi connectivity index (χ3v) is 3.76. The van der Waals surface area contributed by atoms with E-state index in [-0.39, 0.29) is 11.7 Å². The number of benzene rings is 2. The summed E-state index contributed by atoms with van der Waals surface area (Å²) in [5.74, 6) is 0.0573. The molecule has 0 aromatic heterocycles. The van der Waals surface area contributed by atoms with Gasteiger partial charge in [0.25, 0.3) is 5.91 Å². The lowest BCUT2D eigenvalue weighted by Gasteiger charge is -2.09. The molecule has 0 aliphatic heterocycles. The standard InChI is InChI=1S/C14H11Br2NO3/c1-20-13-5-3-9(7-12(13)18)17-14(19)10-4-2-8(15)6-11(10)16/h2-7,18H,1H3,(H,17,19). The SMILES string of the molecule is COc1ccc(NC(=O)c2ccc(Br)cc2Br)cc1O. The minimum atomic E-state index is -0.269. The fourth-order valence-corrected chi connectivity index (χ4v) is 2.87. The van der Waals surface area contributed by atoms with Gasteiger partial charge in [-0.05, 0) is 46.3 Å². The molecule has 0 radical (unpaired) electrons. The molecule has 0 spiro atoms. The van der Waals surface area contributed by atoms with Gasteiger partial charge in [-0.1, -0.05) is 15.9 Å². The molecule has 6 heteroatoms. The number of halogens is 2. The van der Waals surface area contributed by atoms with Crippen molar-refractivity contribution in [3.63, 3.8) is 0 Å². The minimum absolute atomic E-state index is 0.0276. The lowest BCUT2D eigenvalue weighted by Crippen LogP contribution is -2.12. The number of hydrogen-bond acceptors (Lipinski definition) is 3. The highest BCUT2D eigenvalue weighted by molar-refractivity contribution is 9.11. The Kier molecular flexibility index (Phi) is 4.67. The highest BCUT2D eigenvalue weighted by Gasteiger charge is 2.11. The first-order valence-corrected chi connectivity index (χ1v) is 7.23. The van der Waals surface area contributed by atoms with Crippen molar-refractivity contribution in [2.45, 2.75) is 0 Å². The average Bonchev–Trinajstić information content (AvgIpc) is 2.38. The number of methoxy groups -OCH3 is 1. The fourth-order valence-electron chi connectivity index (χ4n) is 1.64. The second-order valence-electron chi connectivity index (χ2n) is 3.96. The number of phenolic OH excluding ortho intramolecular Hbond substituents is 1. The minimum Gasteiger partial charge on any atom is -0.504 e. The number of nitrogens with one attached hydrogen (secondary N) is 1. The number of phenols is 1. The molecule has 0 fully saturated rings. The van der Waals surface area contributed by atoms with Gasteiger partial charge in [0.05, 0.1) is 12.7 Å². The molecule has 0 atom stereocenters. The molecule has 2 aromatic carbocycles. The molecule has 1 amide bonds. The molecule has 0 saturated carbocycles. The first kappa shape index (κ1) is 14.9. The molecule has 0 bridgehead atoms. The van der Waals surface area contributed by atoms with Gasteiger partial charge in [-0.25, -0.2) is 0 Å². The van der Waals surface area contributed by atoms with Crippen LogP contribution in [0, 0.1) is 0 Å². The fraction of sp³-hybridized carbons (Fsp3) is 0.0714. The van der Waals surface area contributed by atoms with Gasteiger partial charge in [-0.2, -0.15) is 0 Å². The van der Waals surface area contributed by atoms with Crippen molar-refractivity contribution in [2.24, 2.45) is 0 Å². The molecule has 0 aliphatic carbocycles. The third kappa shape index (κ3) is 3.32. The number of hydrogen-bond donors (Lipinski definition) is 2. The van der Waals surface area contributed by atoms with E-state index in [9.17, 15) is 9.90 Å². The summed E-state index contributed by atoms with van der Waals surface area (Å²) >= 11 is 6.67. The van der Waals surface area contributed by atoms with Crippen molar-refractivity contribution >= 4 is 43.5 Å². The average molecular weight is 401 g/mol. The van der Waals surface area contributed by atoms with E-state index in [1.807, 2.05) is 0 Å². The van der Waals surface area contributed by atoms with E-state index >= 15 is 0 Å². The van der Waals surface area contributed by atoms with Crippen LogP contribution in [0.4, 0.5) is 5.69 Å². The lowest BCUT2D eigenvalue weighted by atomic mass is 10.2. The van der Waals surface area contributed by atoms with Crippen LogP contribution in [0.1, 0.15) is 10.4 Å². The molecular weight excluding hydrogens is 390 g/mol. The van der Waals surface area contributed by atoms with Crippen molar-refractivity contribution in [3.05, 3.63) is 50.9 Å². The van der Waals surface area contributed by atoms with Crippen molar-refractivity contribution in [1.82, 2.24) is 0 Å². The number of anilines is 1. The zero-order valence-electron chi connectivity index (χ0n) is 10.5. The maximum Gasteiger partial charge on any atom is 0.256 e. The number of rotatable bonds is 3. The lowest BCUT2D eigenvalue weighted by molar-refractivity contribution is 0.102. The van der Waals surface area contributed by atoms with E-state index in [4.69, 9.17) is 4.74 Å². The summed E-state index contributed by atoms with van der Waals surface area (Å²) in [4.78, 5) is 12.1. The van der Waals surface area contributed by atoms with Crippen molar-refractivity contribution in [1.29, 1.82) is 0 Å². The smallest absolute Gasteiger partial charge is 0.256 e. The summed E-state index contributed by atoms with van der Waals surface area (Å²) in [5, 5.41) is 12.4. The van der Waals surface area contributed by atoms with Gasteiger partial charge in [-0.15, -0.1) is 0 Å². The van der Waals surface area contributed by atoms with Gasteiger partial charge in [0.1, 0.15) is 0 Å². The van der Waals surface area contributed by atoms with Crippen LogP contribution in [0.5, 0.6) is 11.5 Å². The van der Waals surface area contributed by atoms with Crippen LogP contribution in [0.15, 0.2) is 45.3 Å². The Bertz CT molecular complexity index is 659. The Morgan fingerprint density at radius 1 is 1.20 bits per heavy atom. The van der Waals surface area contributed by atoms with Crippen LogP contribution >= 0.6 is 31.9 Å². The molecular formula is C14H11Br2NO3. The predicted octanol–water partition coefficient (Wildman–Crippen LogP) is 4.18. The van der Waals surface area contributed by atoms with Crippen LogP contribution < -0.4 is 10.1 Å². The normalized spacial score (nSPS) is 10.2. The number of ether oxygens (including phenoxy) is 1. The van der Waals surface area contributed by atoms with Gasteiger partial charge in [-0.3, -0.25) is 4.79 Å². The Morgan fingerprint density at radius 2 is 1.95 bits per heavy atom. The topological polar surface area (TPSA) is 58.6 Å². The largest absolute Gasteiger partial charge is 0.504 e. The maximum absolute atomic E-state index is 12.1. The molecule has 2 N–H and O–H groups in total. The molecule has 20 heavy (non-hydrogen) atoms. The molecule has 0 saturated heterocycles. The first-order valence-electron chi connectivity index (χ1n) is 5.64. The van der Waals surface area contributed by atoms with E-state index in [1.165, 1.54) is 13.2 Å². The summed E-state index contributed by atoms with van der Waals surface area (Å²) in [7, 11) is 1.46. The Labute approximate surface area is 133 Å². The van der Waals surface area contributed by atoms with Crippen LogP contribution in [0.3, 0.4) is 0 Å². The first-order chi connectivity index (χ1) is 9.51. The Morgan fingerprint density at radius 3 is 2.55 bits per heavy atom. The van der Waals surface area contributed by atoms with Gasteiger partial charge < -0.3 is 15.2 Å². The van der Waals surface area contributed by atoms with Crippen LogP contribution in [0.2, 0.25) is 0 Å². The second-order valence-corrected chi connectivity index (χ2v) is 5.73. The monoisotopic (exact) mass is 399 g/mol. The van der Waals surface area contributed by atoms with E-state index in [2.05, 4.69) is 37.2 Å². The summed E-state index contributed by atoms with van der Waals surface area (Å²) in [6, 6.07) is 9.95. The molecule has 0 aliphatic rings. The van der Waals surface area contributed by atoms with Crippen LogP contribution in [0.25, 0.3) is 0 Å². The Hall–Kier alpha value is -1.53. The summed E-state index contributed by atoms with van der Waals surface area (Å²) in [6.07, 6.45) is 0. The third-order valence-electron chi connectivity index (χ3n) is 2.61. The quantitative estimate of drug-likeness (QED) is 0.812. The second kappa shape index (κ2) is 6.28. The van der Waals surface area contributed by atoms with Crippen molar-refractivity contribution in [2.75, 3.05) is 12.4 Å². The van der Waals surface area contributed by atoms with Gasteiger partial charge in [0.2, 0.25) is 0 Å². The van der Waals surface area contributed by atoms with E-state index < -0.39 is 0 Å². The molecule has 0 unspecified atom stereocenters. The van der Waals surface area contributed by atoms with Crippen molar-refractivity contribution in [3.8, 4) is 11.5 Å². The molecule has 104 valence electrons. The van der Waals surface area contributed by atoms with E-state index in [0.717, 1.165) is 4.47 Å². The highest BCUT2D eigenvalue weighted by Crippen LogP contribution is 2.29. The number of amides is 1. The maximum atomic E-state index is 12.1. The highest BCUT2D eigenvalue weighted by atomic mass is 79.9.